The van der Waals surface area contributed by atoms with E-state index in [1.165, 1.54) is 31.4 Å². The van der Waals surface area contributed by atoms with Crippen molar-refractivity contribution < 1.29 is 13.9 Å². The highest BCUT2D eigenvalue weighted by molar-refractivity contribution is 6.06. The Balaban J connectivity index is 1.48. The summed E-state index contributed by atoms with van der Waals surface area (Å²) >= 11 is 0. The summed E-state index contributed by atoms with van der Waals surface area (Å²) in [5.74, 6) is 2.20. The molecule has 0 saturated heterocycles. The van der Waals surface area contributed by atoms with E-state index < -0.39 is 0 Å². The van der Waals surface area contributed by atoms with E-state index in [1.54, 1.807) is 12.1 Å². The average molecular weight is 313 g/mol. The second-order valence-corrected chi connectivity index (χ2v) is 8.04. The second kappa shape index (κ2) is 4.65. The van der Waals surface area contributed by atoms with Crippen LogP contribution in [0, 0.1) is 29.0 Å². The lowest BCUT2D eigenvalue weighted by Gasteiger charge is -2.57. The summed E-state index contributed by atoms with van der Waals surface area (Å²) in [5, 5.41) is 0. The molecule has 5 aliphatic rings. The molecule has 0 N–H and O–H groups in total. The van der Waals surface area contributed by atoms with Gasteiger partial charge in [-0.1, -0.05) is 0 Å². The second-order valence-electron chi connectivity index (χ2n) is 8.04. The Kier molecular flexibility index (Phi) is 2.77. The molecule has 4 fully saturated rings. The van der Waals surface area contributed by atoms with Gasteiger partial charge in [-0.05, 0) is 80.5 Å². The van der Waals surface area contributed by atoms with E-state index in [0.29, 0.717) is 11.5 Å². The van der Waals surface area contributed by atoms with Crippen LogP contribution >= 0.6 is 0 Å². The molecule has 4 bridgehead atoms. The van der Waals surface area contributed by atoms with Gasteiger partial charge in [0.2, 0.25) is 5.90 Å². The largest absolute Gasteiger partial charge is 0.406 e. The normalized spacial score (nSPS) is 41.1. The molecule has 1 aromatic rings. The number of ether oxygens (including phenoxy) is 1. The fourth-order valence-corrected chi connectivity index (χ4v) is 5.97. The van der Waals surface area contributed by atoms with Crippen molar-refractivity contribution in [3.8, 4) is 0 Å². The van der Waals surface area contributed by atoms with Crippen LogP contribution in [0.25, 0.3) is 0 Å². The lowest BCUT2D eigenvalue weighted by atomic mass is 9.48. The van der Waals surface area contributed by atoms with Gasteiger partial charge >= 0.3 is 5.97 Å². The number of nitrogens with zero attached hydrogens (tertiary/aromatic N) is 1. The van der Waals surface area contributed by atoms with Gasteiger partial charge < -0.3 is 4.74 Å². The minimum atomic E-state index is -0.351. The van der Waals surface area contributed by atoms with E-state index in [0.717, 1.165) is 37.0 Å². The number of carbonyl (C=O) groups is 1. The Labute approximate surface area is 134 Å². The molecular formula is C19H20FNO2. The SMILES string of the molecule is O=C1OC(c2ccc(F)cc2)=NC1C12CC3CC(CC(C3)C1)C2. The molecular weight excluding hydrogens is 293 g/mol. The topological polar surface area (TPSA) is 38.7 Å². The number of benzene rings is 1. The van der Waals surface area contributed by atoms with E-state index in [-0.39, 0.29) is 23.2 Å². The van der Waals surface area contributed by atoms with Gasteiger partial charge in [-0.2, -0.15) is 0 Å². The van der Waals surface area contributed by atoms with Crippen LogP contribution in [0.1, 0.15) is 44.1 Å². The molecule has 4 saturated carbocycles. The standard InChI is InChI=1S/C19H20FNO2/c20-15-3-1-14(2-4-15)17-21-16(18(22)23-17)19-8-11-5-12(9-19)7-13(6-11)10-19/h1-4,11-13,16H,5-10H2. The molecule has 1 heterocycles. The summed E-state index contributed by atoms with van der Waals surface area (Å²) in [5.41, 5.74) is 0.708. The highest BCUT2D eigenvalue weighted by Gasteiger charge is 2.58. The first-order valence-electron chi connectivity index (χ1n) is 8.67. The van der Waals surface area contributed by atoms with Gasteiger partial charge in [-0.3, -0.25) is 0 Å². The summed E-state index contributed by atoms with van der Waals surface area (Å²) in [7, 11) is 0. The van der Waals surface area contributed by atoms with Crippen LogP contribution in [-0.2, 0) is 9.53 Å². The Morgan fingerprint density at radius 1 is 1.00 bits per heavy atom. The van der Waals surface area contributed by atoms with E-state index in [4.69, 9.17) is 4.74 Å². The molecule has 23 heavy (non-hydrogen) atoms. The molecule has 6 rings (SSSR count). The first-order chi connectivity index (χ1) is 11.1. The Hall–Kier alpha value is -1.71. The van der Waals surface area contributed by atoms with Gasteiger partial charge in [-0.15, -0.1) is 0 Å². The number of hydrogen-bond acceptors (Lipinski definition) is 3. The molecule has 3 nitrogen and oxygen atoms in total. The summed E-state index contributed by atoms with van der Waals surface area (Å²) in [4.78, 5) is 17.2. The minimum Gasteiger partial charge on any atom is -0.406 e. The number of carbonyl (C=O) groups excluding carboxylic acids is 1. The third-order valence-electron chi connectivity index (χ3n) is 6.42. The minimum absolute atomic E-state index is 0.0214. The van der Waals surface area contributed by atoms with Crippen molar-refractivity contribution in [2.75, 3.05) is 0 Å². The van der Waals surface area contributed by atoms with Crippen molar-refractivity contribution in [1.29, 1.82) is 0 Å². The van der Waals surface area contributed by atoms with Crippen LogP contribution in [-0.4, -0.2) is 17.9 Å². The number of esters is 1. The van der Waals surface area contributed by atoms with Crippen LogP contribution in [0.5, 0.6) is 0 Å². The number of halogens is 1. The van der Waals surface area contributed by atoms with Crippen LogP contribution in [0.15, 0.2) is 29.3 Å². The number of aliphatic imine (C=N–C) groups is 1. The predicted molar refractivity (Wildman–Crippen MR) is 83.4 cm³/mol. The van der Waals surface area contributed by atoms with Gasteiger partial charge in [0.1, 0.15) is 5.82 Å². The monoisotopic (exact) mass is 313 g/mol. The van der Waals surface area contributed by atoms with E-state index in [1.807, 2.05) is 0 Å². The lowest BCUT2D eigenvalue weighted by molar-refractivity contribution is -0.144. The van der Waals surface area contributed by atoms with Gasteiger partial charge in [0, 0.05) is 11.0 Å². The predicted octanol–water partition coefficient (Wildman–Crippen LogP) is 3.71. The fraction of sp³-hybridized carbons (Fsp3) is 0.579. The van der Waals surface area contributed by atoms with Gasteiger partial charge in [0.05, 0.1) is 0 Å². The molecule has 0 spiro atoms. The maximum Gasteiger partial charge on any atom is 0.338 e. The maximum atomic E-state index is 13.1. The fourth-order valence-electron chi connectivity index (χ4n) is 5.97. The third-order valence-corrected chi connectivity index (χ3v) is 6.42. The Morgan fingerprint density at radius 3 is 2.13 bits per heavy atom. The number of rotatable bonds is 2. The van der Waals surface area contributed by atoms with E-state index in [2.05, 4.69) is 4.99 Å². The van der Waals surface area contributed by atoms with Crippen molar-refractivity contribution in [3.63, 3.8) is 0 Å². The summed E-state index contributed by atoms with van der Waals surface area (Å²) in [6, 6.07) is 5.66. The maximum absolute atomic E-state index is 13.1. The van der Waals surface area contributed by atoms with Crippen molar-refractivity contribution in [2.24, 2.45) is 28.2 Å². The first kappa shape index (κ1) is 13.7. The van der Waals surface area contributed by atoms with Gasteiger partial charge in [-0.25, -0.2) is 14.2 Å². The Morgan fingerprint density at radius 2 is 1.57 bits per heavy atom. The molecule has 1 aliphatic heterocycles. The van der Waals surface area contributed by atoms with E-state index >= 15 is 0 Å². The first-order valence-corrected chi connectivity index (χ1v) is 8.67. The molecule has 1 aromatic carbocycles. The molecule has 120 valence electrons. The van der Waals surface area contributed by atoms with Crippen molar-refractivity contribution >= 4 is 11.9 Å². The van der Waals surface area contributed by atoms with Crippen molar-refractivity contribution in [1.82, 2.24) is 0 Å². The molecule has 4 heteroatoms. The van der Waals surface area contributed by atoms with Crippen molar-refractivity contribution in [3.05, 3.63) is 35.6 Å². The lowest BCUT2D eigenvalue weighted by Crippen LogP contribution is -2.52. The van der Waals surface area contributed by atoms with Gasteiger partial charge in [0.25, 0.3) is 0 Å². The van der Waals surface area contributed by atoms with Crippen molar-refractivity contribution in [2.45, 2.75) is 44.6 Å². The van der Waals surface area contributed by atoms with Crippen LogP contribution in [0.2, 0.25) is 0 Å². The van der Waals surface area contributed by atoms with Crippen LogP contribution < -0.4 is 0 Å². The zero-order chi connectivity index (χ0) is 15.6. The third kappa shape index (κ3) is 2.07. The molecule has 4 aliphatic carbocycles. The smallest absolute Gasteiger partial charge is 0.338 e. The molecule has 0 amide bonds. The molecule has 0 aromatic heterocycles. The highest BCUT2D eigenvalue weighted by atomic mass is 19.1. The molecule has 0 radical (unpaired) electrons. The zero-order valence-corrected chi connectivity index (χ0v) is 13.0. The van der Waals surface area contributed by atoms with Crippen LogP contribution in [0.3, 0.4) is 0 Å². The Bertz CT molecular complexity index is 659. The number of hydrogen-bond donors (Lipinski definition) is 0. The number of cyclic esters (lactones) is 1. The molecule has 1 unspecified atom stereocenters. The summed E-state index contributed by atoms with van der Waals surface area (Å²) < 4.78 is 18.6. The van der Waals surface area contributed by atoms with Crippen LogP contribution in [0.4, 0.5) is 4.39 Å². The highest BCUT2D eigenvalue weighted by Crippen LogP contribution is 2.62. The average Bonchev–Trinajstić information content (AvgIpc) is 2.89. The molecule has 1 atom stereocenters. The van der Waals surface area contributed by atoms with Gasteiger partial charge in [0.15, 0.2) is 6.04 Å². The van der Waals surface area contributed by atoms with E-state index in [9.17, 15) is 9.18 Å². The zero-order valence-electron chi connectivity index (χ0n) is 13.0. The summed E-state index contributed by atoms with van der Waals surface area (Å²) in [6.45, 7) is 0. The quantitative estimate of drug-likeness (QED) is 0.781. The summed E-state index contributed by atoms with van der Waals surface area (Å²) in [6.07, 6.45) is 7.40.